The van der Waals surface area contributed by atoms with Crippen LogP contribution in [0.4, 0.5) is 0 Å². The van der Waals surface area contributed by atoms with Crippen molar-refractivity contribution in [3.8, 4) is 0 Å². The molecule has 2 rings (SSSR count). The number of rotatable bonds is 2. The van der Waals surface area contributed by atoms with Gasteiger partial charge in [0.2, 0.25) is 0 Å². The third-order valence-corrected chi connectivity index (χ3v) is 3.13. The summed E-state index contributed by atoms with van der Waals surface area (Å²) in [7, 11) is 0. The summed E-state index contributed by atoms with van der Waals surface area (Å²) in [6, 6.07) is 1.61. The maximum atomic E-state index is 12.0. The predicted octanol–water partition coefficient (Wildman–Crippen LogP) is 2.30. The number of pyridine rings is 1. The van der Waals surface area contributed by atoms with E-state index in [-0.39, 0.29) is 17.1 Å². The molecular formula is C11H12Cl2N2O2. The molecular weight excluding hydrogens is 263 g/mol. The smallest absolute Gasteiger partial charge is 0.253 e. The number of hydrogen-bond acceptors (Lipinski definition) is 3. The molecule has 0 atom stereocenters. The van der Waals surface area contributed by atoms with Crippen molar-refractivity contribution in [1.82, 2.24) is 10.3 Å². The van der Waals surface area contributed by atoms with E-state index < -0.39 is 0 Å². The fourth-order valence-electron chi connectivity index (χ4n) is 1.69. The van der Waals surface area contributed by atoms with Gasteiger partial charge in [-0.25, -0.2) is 4.98 Å². The zero-order valence-electron chi connectivity index (χ0n) is 9.08. The minimum absolute atomic E-state index is 0.138. The topological polar surface area (TPSA) is 51.2 Å². The van der Waals surface area contributed by atoms with E-state index in [2.05, 4.69) is 10.3 Å². The molecule has 0 spiro atoms. The standard InChI is InChI=1S/C11H12Cl2N2O2/c12-9-6-14-10(13)5-8(9)11(16)15-7-1-3-17-4-2-7/h5-7H,1-4H2,(H,15,16). The fraction of sp³-hybridized carbons (Fsp3) is 0.455. The highest BCUT2D eigenvalue weighted by Gasteiger charge is 2.18. The number of halogens is 2. The van der Waals surface area contributed by atoms with Crippen molar-refractivity contribution in [2.75, 3.05) is 13.2 Å². The zero-order valence-corrected chi connectivity index (χ0v) is 10.6. The molecule has 0 radical (unpaired) electrons. The first-order valence-corrected chi connectivity index (χ1v) is 6.12. The number of carbonyl (C=O) groups excluding carboxylic acids is 1. The number of ether oxygens (including phenoxy) is 1. The molecule has 1 saturated heterocycles. The molecule has 1 aromatic heterocycles. The molecule has 4 nitrogen and oxygen atoms in total. The summed E-state index contributed by atoms with van der Waals surface area (Å²) in [6.07, 6.45) is 3.02. The predicted molar refractivity (Wildman–Crippen MR) is 65.6 cm³/mol. The van der Waals surface area contributed by atoms with Gasteiger partial charge in [-0.05, 0) is 18.9 Å². The number of nitrogens with zero attached hydrogens (tertiary/aromatic N) is 1. The molecule has 0 saturated carbocycles. The maximum absolute atomic E-state index is 12.0. The van der Waals surface area contributed by atoms with E-state index in [9.17, 15) is 4.79 Å². The molecule has 0 aliphatic carbocycles. The first kappa shape index (κ1) is 12.6. The molecule has 1 aliphatic rings. The van der Waals surface area contributed by atoms with Crippen LogP contribution in [-0.2, 0) is 4.74 Å². The Kier molecular flexibility index (Phi) is 4.20. The Morgan fingerprint density at radius 1 is 1.41 bits per heavy atom. The summed E-state index contributed by atoms with van der Waals surface area (Å²) in [6.45, 7) is 1.35. The first-order chi connectivity index (χ1) is 8.16. The Morgan fingerprint density at radius 2 is 2.12 bits per heavy atom. The Morgan fingerprint density at radius 3 is 2.82 bits per heavy atom. The summed E-state index contributed by atoms with van der Waals surface area (Å²) in [5.41, 5.74) is 0.359. The van der Waals surface area contributed by atoms with E-state index in [1.54, 1.807) is 0 Å². The van der Waals surface area contributed by atoms with Crippen molar-refractivity contribution in [1.29, 1.82) is 0 Å². The van der Waals surface area contributed by atoms with Gasteiger partial charge in [0.1, 0.15) is 5.15 Å². The first-order valence-electron chi connectivity index (χ1n) is 5.36. The van der Waals surface area contributed by atoms with Crippen molar-refractivity contribution < 1.29 is 9.53 Å². The van der Waals surface area contributed by atoms with Crippen LogP contribution in [0.15, 0.2) is 12.3 Å². The molecule has 1 N–H and O–H groups in total. The van der Waals surface area contributed by atoms with Crippen LogP contribution in [0, 0.1) is 0 Å². The molecule has 92 valence electrons. The van der Waals surface area contributed by atoms with Gasteiger partial charge in [0.05, 0.1) is 10.6 Å². The van der Waals surface area contributed by atoms with Crippen molar-refractivity contribution in [2.24, 2.45) is 0 Å². The van der Waals surface area contributed by atoms with Gasteiger partial charge >= 0.3 is 0 Å². The Labute approximate surface area is 109 Å². The number of nitrogens with one attached hydrogen (secondary N) is 1. The normalized spacial score (nSPS) is 16.8. The van der Waals surface area contributed by atoms with Gasteiger partial charge in [-0.2, -0.15) is 0 Å². The second-order valence-corrected chi connectivity index (χ2v) is 4.64. The highest BCUT2D eigenvalue weighted by molar-refractivity contribution is 6.35. The van der Waals surface area contributed by atoms with Gasteiger partial charge in [-0.15, -0.1) is 0 Å². The lowest BCUT2D eigenvalue weighted by atomic mass is 10.1. The third-order valence-electron chi connectivity index (χ3n) is 2.62. The van der Waals surface area contributed by atoms with Crippen LogP contribution in [0.5, 0.6) is 0 Å². The third kappa shape index (κ3) is 3.31. The van der Waals surface area contributed by atoms with E-state index in [1.165, 1.54) is 12.3 Å². The average Bonchev–Trinajstić information content (AvgIpc) is 2.33. The SMILES string of the molecule is O=C(NC1CCOCC1)c1cc(Cl)ncc1Cl. The van der Waals surface area contributed by atoms with E-state index >= 15 is 0 Å². The highest BCUT2D eigenvalue weighted by atomic mass is 35.5. The summed E-state index contributed by atoms with van der Waals surface area (Å²) < 4.78 is 5.22. The number of hydrogen-bond donors (Lipinski definition) is 1. The van der Waals surface area contributed by atoms with E-state index in [0.717, 1.165) is 12.8 Å². The van der Waals surface area contributed by atoms with E-state index in [4.69, 9.17) is 27.9 Å². The Bertz CT molecular complexity index is 420. The molecule has 6 heteroatoms. The van der Waals surface area contributed by atoms with Crippen molar-refractivity contribution >= 4 is 29.1 Å². The zero-order chi connectivity index (χ0) is 12.3. The van der Waals surface area contributed by atoms with Crippen LogP contribution in [0.3, 0.4) is 0 Å². The van der Waals surface area contributed by atoms with Crippen LogP contribution >= 0.6 is 23.2 Å². The van der Waals surface area contributed by atoms with Crippen LogP contribution in [-0.4, -0.2) is 30.1 Å². The molecule has 2 heterocycles. The van der Waals surface area contributed by atoms with Gasteiger partial charge in [-0.1, -0.05) is 23.2 Å². The molecule has 0 bridgehead atoms. The molecule has 17 heavy (non-hydrogen) atoms. The number of amides is 1. The van der Waals surface area contributed by atoms with Gasteiger partial charge < -0.3 is 10.1 Å². The molecule has 1 amide bonds. The van der Waals surface area contributed by atoms with Crippen LogP contribution in [0.1, 0.15) is 23.2 Å². The van der Waals surface area contributed by atoms with E-state index in [0.29, 0.717) is 23.8 Å². The largest absolute Gasteiger partial charge is 0.381 e. The monoisotopic (exact) mass is 274 g/mol. The summed E-state index contributed by atoms with van der Waals surface area (Å²) in [4.78, 5) is 15.8. The lowest BCUT2D eigenvalue weighted by Gasteiger charge is -2.23. The Hall–Kier alpha value is -0.840. The summed E-state index contributed by atoms with van der Waals surface area (Å²) >= 11 is 11.6. The second kappa shape index (κ2) is 5.67. The van der Waals surface area contributed by atoms with Crippen molar-refractivity contribution in [2.45, 2.75) is 18.9 Å². The number of carbonyl (C=O) groups is 1. The van der Waals surface area contributed by atoms with E-state index in [1.807, 2.05) is 0 Å². The highest BCUT2D eigenvalue weighted by Crippen LogP contribution is 2.18. The number of aromatic nitrogens is 1. The molecule has 1 fully saturated rings. The molecule has 1 aromatic rings. The summed E-state index contributed by atoms with van der Waals surface area (Å²) in [5.74, 6) is -0.216. The minimum atomic E-state index is -0.216. The van der Waals surface area contributed by atoms with Gasteiger partial charge in [-0.3, -0.25) is 4.79 Å². The molecule has 0 aromatic carbocycles. The molecule has 0 unspecified atom stereocenters. The van der Waals surface area contributed by atoms with Crippen LogP contribution in [0.2, 0.25) is 10.2 Å². The lowest BCUT2D eigenvalue weighted by molar-refractivity contribution is 0.0696. The van der Waals surface area contributed by atoms with Gasteiger partial charge in [0.15, 0.2) is 0 Å². The Balaban J connectivity index is 2.05. The van der Waals surface area contributed by atoms with Crippen LogP contribution in [0.25, 0.3) is 0 Å². The maximum Gasteiger partial charge on any atom is 0.253 e. The van der Waals surface area contributed by atoms with Crippen molar-refractivity contribution in [3.05, 3.63) is 28.0 Å². The van der Waals surface area contributed by atoms with Gasteiger partial charge in [0.25, 0.3) is 5.91 Å². The van der Waals surface area contributed by atoms with Gasteiger partial charge in [0, 0.05) is 25.5 Å². The summed E-state index contributed by atoms with van der Waals surface area (Å²) in [5, 5.41) is 3.47. The average molecular weight is 275 g/mol. The quantitative estimate of drug-likeness (QED) is 0.842. The fourth-order valence-corrected chi connectivity index (χ4v) is 2.04. The molecule has 1 aliphatic heterocycles. The second-order valence-electron chi connectivity index (χ2n) is 3.85. The lowest BCUT2D eigenvalue weighted by Crippen LogP contribution is -2.39. The van der Waals surface area contributed by atoms with Crippen molar-refractivity contribution in [3.63, 3.8) is 0 Å². The minimum Gasteiger partial charge on any atom is -0.381 e. The van der Waals surface area contributed by atoms with Crippen LogP contribution < -0.4 is 5.32 Å².